The maximum absolute atomic E-state index is 12.7. The van der Waals surface area contributed by atoms with Gasteiger partial charge < -0.3 is 4.98 Å². The summed E-state index contributed by atoms with van der Waals surface area (Å²) in [6, 6.07) is 16.7. The van der Waals surface area contributed by atoms with E-state index >= 15 is 0 Å². The molecule has 150 valence electrons. The quantitative estimate of drug-likeness (QED) is 0.537. The highest BCUT2D eigenvalue weighted by molar-refractivity contribution is 7.15. The molecule has 4 heterocycles. The molecule has 0 atom stereocenters. The van der Waals surface area contributed by atoms with Crippen molar-refractivity contribution in [2.24, 2.45) is 0 Å². The molecule has 0 radical (unpaired) electrons. The van der Waals surface area contributed by atoms with Crippen LogP contribution < -0.4 is 5.56 Å². The molecule has 0 bridgehead atoms. The Hall–Kier alpha value is -3.09. The fourth-order valence-electron chi connectivity index (χ4n) is 3.93. The normalized spacial score (nSPS) is 13.9. The van der Waals surface area contributed by atoms with Gasteiger partial charge in [-0.2, -0.15) is 0 Å². The Morgan fingerprint density at radius 1 is 1.13 bits per heavy atom. The Bertz CT molecular complexity index is 1250. The van der Waals surface area contributed by atoms with Crippen molar-refractivity contribution in [1.82, 2.24) is 19.9 Å². The maximum atomic E-state index is 12.7. The van der Waals surface area contributed by atoms with E-state index in [4.69, 9.17) is 4.98 Å². The number of fused-ring (bicyclic) bond motifs is 1. The van der Waals surface area contributed by atoms with Crippen molar-refractivity contribution >= 4 is 11.3 Å². The number of benzene rings is 1. The highest BCUT2D eigenvalue weighted by atomic mass is 32.1. The van der Waals surface area contributed by atoms with Crippen molar-refractivity contribution in [3.8, 4) is 21.8 Å². The SMILES string of the molecule is Cc1ccccc1-c1ccc(CN2CCc3nc(-c4cccnc4)[nH]c(=O)c3C2)s1. The second-order valence-corrected chi connectivity index (χ2v) is 8.79. The fraction of sp³-hybridized carbons (Fsp3) is 0.208. The lowest BCUT2D eigenvalue weighted by Gasteiger charge is -2.27. The highest BCUT2D eigenvalue weighted by Crippen LogP contribution is 2.31. The minimum atomic E-state index is -0.0460. The smallest absolute Gasteiger partial charge is 0.255 e. The number of thiophene rings is 1. The van der Waals surface area contributed by atoms with E-state index in [9.17, 15) is 4.79 Å². The van der Waals surface area contributed by atoms with Crippen LogP contribution in [0.2, 0.25) is 0 Å². The number of nitrogens with zero attached hydrogens (tertiary/aromatic N) is 3. The van der Waals surface area contributed by atoms with Gasteiger partial charge in [0, 0.05) is 53.8 Å². The monoisotopic (exact) mass is 414 g/mol. The number of aryl methyl sites for hydroxylation is 1. The third-order valence-electron chi connectivity index (χ3n) is 5.53. The Labute approximate surface area is 179 Å². The molecule has 1 N–H and O–H groups in total. The van der Waals surface area contributed by atoms with E-state index in [1.165, 1.54) is 20.9 Å². The van der Waals surface area contributed by atoms with Crippen molar-refractivity contribution in [2.45, 2.75) is 26.4 Å². The number of aromatic nitrogens is 3. The molecule has 3 aromatic heterocycles. The van der Waals surface area contributed by atoms with Gasteiger partial charge in [0.15, 0.2) is 0 Å². The van der Waals surface area contributed by atoms with Gasteiger partial charge >= 0.3 is 0 Å². The second kappa shape index (κ2) is 7.97. The summed E-state index contributed by atoms with van der Waals surface area (Å²) < 4.78 is 0. The number of nitrogens with one attached hydrogen (secondary N) is 1. The third-order valence-corrected chi connectivity index (χ3v) is 6.64. The Morgan fingerprint density at radius 2 is 2.03 bits per heavy atom. The van der Waals surface area contributed by atoms with Gasteiger partial charge in [-0.3, -0.25) is 14.7 Å². The lowest BCUT2D eigenvalue weighted by molar-refractivity contribution is 0.244. The Morgan fingerprint density at radius 3 is 2.87 bits per heavy atom. The van der Waals surface area contributed by atoms with Crippen LogP contribution in [0.25, 0.3) is 21.8 Å². The van der Waals surface area contributed by atoms with Crippen LogP contribution in [0.15, 0.2) is 65.7 Å². The molecule has 4 aromatic rings. The minimum absolute atomic E-state index is 0.0460. The second-order valence-electron chi connectivity index (χ2n) is 7.62. The van der Waals surface area contributed by atoms with Gasteiger partial charge in [0.2, 0.25) is 0 Å². The van der Waals surface area contributed by atoms with Crippen LogP contribution in [-0.4, -0.2) is 26.4 Å². The molecule has 0 aliphatic carbocycles. The molecule has 5 nitrogen and oxygen atoms in total. The highest BCUT2D eigenvalue weighted by Gasteiger charge is 2.22. The number of rotatable bonds is 4. The first-order chi connectivity index (χ1) is 14.7. The Balaban J connectivity index is 1.34. The molecule has 0 saturated heterocycles. The molecule has 1 aromatic carbocycles. The van der Waals surface area contributed by atoms with E-state index in [0.717, 1.165) is 36.3 Å². The number of hydrogen-bond acceptors (Lipinski definition) is 5. The average molecular weight is 415 g/mol. The third kappa shape index (κ3) is 3.72. The first-order valence-corrected chi connectivity index (χ1v) is 10.9. The number of aromatic amines is 1. The van der Waals surface area contributed by atoms with E-state index < -0.39 is 0 Å². The summed E-state index contributed by atoms with van der Waals surface area (Å²) in [6.07, 6.45) is 4.22. The van der Waals surface area contributed by atoms with Crippen LogP contribution in [0.1, 0.15) is 21.7 Å². The van der Waals surface area contributed by atoms with Crippen molar-refractivity contribution < 1.29 is 0 Å². The zero-order valence-electron chi connectivity index (χ0n) is 16.8. The van der Waals surface area contributed by atoms with Crippen molar-refractivity contribution in [3.05, 3.63) is 93.0 Å². The molecule has 1 aliphatic rings. The summed E-state index contributed by atoms with van der Waals surface area (Å²) in [5.41, 5.74) is 5.06. The van der Waals surface area contributed by atoms with Crippen molar-refractivity contribution in [3.63, 3.8) is 0 Å². The van der Waals surface area contributed by atoms with Crippen LogP contribution in [0, 0.1) is 6.92 Å². The lowest BCUT2D eigenvalue weighted by atomic mass is 10.1. The number of pyridine rings is 1. The Kier molecular flexibility index (Phi) is 5.02. The van der Waals surface area contributed by atoms with Crippen molar-refractivity contribution in [2.75, 3.05) is 6.54 Å². The molecule has 0 fully saturated rings. The maximum Gasteiger partial charge on any atom is 0.255 e. The molecule has 5 rings (SSSR count). The zero-order valence-corrected chi connectivity index (χ0v) is 17.6. The van der Waals surface area contributed by atoms with Gasteiger partial charge in [-0.25, -0.2) is 4.98 Å². The summed E-state index contributed by atoms with van der Waals surface area (Å²) >= 11 is 1.83. The first kappa shape index (κ1) is 18.9. The van der Waals surface area contributed by atoms with Crippen molar-refractivity contribution in [1.29, 1.82) is 0 Å². The molecule has 1 aliphatic heterocycles. The van der Waals surface area contributed by atoms with Gasteiger partial charge in [0.25, 0.3) is 5.56 Å². The molecule has 0 unspecified atom stereocenters. The molecule has 6 heteroatoms. The zero-order chi connectivity index (χ0) is 20.5. The molecule has 0 spiro atoms. The van der Waals surface area contributed by atoms with Gasteiger partial charge in [0.1, 0.15) is 5.82 Å². The topological polar surface area (TPSA) is 61.9 Å². The lowest BCUT2D eigenvalue weighted by Crippen LogP contribution is -2.35. The van der Waals surface area contributed by atoms with E-state index in [-0.39, 0.29) is 5.56 Å². The average Bonchev–Trinajstić information content (AvgIpc) is 3.23. The molecular formula is C24H22N4OS. The largest absolute Gasteiger partial charge is 0.306 e. The number of hydrogen-bond donors (Lipinski definition) is 1. The summed E-state index contributed by atoms with van der Waals surface area (Å²) in [4.78, 5) is 29.5. The van der Waals surface area contributed by atoms with E-state index in [2.05, 4.69) is 58.2 Å². The van der Waals surface area contributed by atoms with Gasteiger partial charge in [0.05, 0.1) is 11.3 Å². The predicted molar refractivity (Wildman–Crippen MR) is 120 cm³/mol. The first-order valence-electron chi connectivity index (χ1n) is 10.1. The van der Waals surface area contributed by atoms with Crippen LogP contribution in [0.4, 0.5) is 0 Å². The molecule has 0 amide bonds. The molecule has 30 heavy (non-hydrogen) atoms. The standard InChI is InChI=1S/C24H22N4OS/c1-16-5-2-3-7-19(16)22-9-8-18(30-22)14-28-12-10-21-20(15-28)24(29)27-23(26-21)17-6-4-11-25-13-17/h2-9,11,13H,10,12,14-15H2,1H3,(H,26,27,29). The summed E-state index contributed by atoms with van der Waals surface area (Å²) in [6.45, 7) is 4.52. The predicted octanol–water partition coefficient (Wildman–Crippen LogP) is 4.43. The molecular weight excluding hydrogens is 392 g/mol. The summed E-state index contributed by atoms with van der Waals surface area (Å²) in [7, 11) is 0. The van der Waals surface area contributed by atoms with Gasteiger partial charge in [-0.1, -0.05) is 24.3 Å². The van der Waals surface area contributed by atoms with Crippen LogP contribution in [-0.2, 0) is 19.5 Å². The fourth-order valence-corrected chi connectivity index (χ4v) is 5.07. The van der Waals surface area contributed by atoms with Gasteiger partial charge in [-0.15, -0.1) is 11.3 Å². The van der Waals surface area contributed by atoms with Crippen LogP contribution in [0.3, 0.4) is 0 Å². The van der Waals surface area contributed by atoms with Crippen LogP contribution >= 0.6 is 11.3 Å². The minimum Gasteiger partial charge on any atom is -0.306 e. The van der Waals surface area contributed by atoms with E-state index in [1.807, 2.05) is 23.5 Å². The van der Waals surface area contributed by atoms with E-state index in [0.29, 0.717) is 12.4 Å². The molecule has 0 saturated carbocycles. The summed E-state index contributed by atoms with van der Waals surface area (Å²) in [5, 5.41) is 0. The summed E-state index contributed by atoms with van der Waals surface area (Å²) in [5.74, 6) is 0.599. The number of H-pyrrole nitrogens is 1. The van der Waals surface area contributed by atoms with Gasteiger partial charge in [-0.05, 0) is 42.3 Å². The van der Waals surface area contributed by atoms with E-state index in [1.54, 1.807) is 12.4 Å². The van der Waals surface area contributed by atoms with Crippen LogP contribution in [0.5, 0.6) is 0 Å².